The number of anilines is 1. The minimum absolute atomic E-state index is 0.221. The van der Waals surface area contributed by atoms with E-state index in [2.05, 4.69) is 21.4 Å². The van der Waals surface area contributed by atoms with E-state index in [1.807, 2.05) is 42.5 Å². The summed E-state index contributed by atoms with van der Waals surface area (Å²) in [5.74, 6) is -0.221. The van der Waals surface area contributed by atoms with Crippen LogP contribution in [0.1, 0.15) is 9.67 Å². The Balaban J connectivity index is 1.62. The van der Waals surface area contributed by atoms with Crippen LogP contribution < -0.4 is 5.32 Å². The van der Waals surface area contributed by atoms with Crippen LogP contribution in [0.25, 0.3) is 20.8 Å². The summed E-state index contributed by atoms with van der Waals surface area (Å²) < 4.78 is 1.49. The van der Waals surface area contributed by atoms with E-state index in [4.69, 9.17) is 11.6 Å². The van der Waals surface area contributed by atoms with Gasteiger partial charge in [0, 0.05) is 11.3 Å². The zero-order valence-electron chi connectivity index (χ0n) is 12.2. The Morgan fingerprint density at radius 1 is 1.08 bits per heavy atom. The number of halogens is 1. The second kappa shape index (κ2) is 6.32. The molecular formula is C17H10ClN3OS2. The van der Waals surface area contributed by atoms with Crippen LogP contribution in [0.5, 0.6) is 0 Å². The van der Waals surface area contributed by atoms with Gasteiger partial charge in [0.2, 0.25) is 0 Å². The van der Waals surface area contributed by atoms with Gasteiger partial charge in [-0.3, -0.25) is 4.79 Å². The molecule has 0 aliphatic carbocycles. The van der Waals surface area contributed by atoms with E-state index in [0.29, 0.717) is 15.0 Å². The fourth-order valence-corrected chi connectivity index (χ4v) is 4.07. The van der Waals surface area contributed by atoms with E-state index >= 15 is 0 Å². The van der Waals surface area contributed by atoms with Crippen molar-refractivity contribution in [3.8, 4) is 10.6 Å². The van der Waals surface area contributed by atoms with Crippen LogP contribution in [0.4, 0.5) is 5.69 Å². The molecule has 2 heterocycles. The van der Waals surface area contributed by atoms with Gasteiger partial charge in [0.25, 0.3) is 5.91 Å². The quantitative estimate of drug-likeness (QED) is 0.529. The fourth-order valence-electron chi connectivity index (χ4n) is 2.28. The zero-order valence-corrected chi connectivity index (χ0v) is 14.6. The van der Waals surface area contributed by atoms with Crippen LogP contribution >= 0.6 is 34.3 Å². The molecule has 2 aromatic heterocycles. The molecule has 0 saturated carbocycles. The zero-order chi connectivity index (χ0) is 16.5. The lowest BCUT2D eigenvalue weighted by atomic mass is 10.2. The predicted molar refractivity (Wildman–Crippen MR) is 100 cm³/mol. The van der Waals surface area contributed by atoms with Gasteiger partial charge in [0.1, 0.15) is 9.88 Å². The number of hydrogen-bond acceptors (Lipinski definition) is 5. The molecule has 4 nitrogen and oxygen atoms in total. The Morgan fingerprint density at radius 3 is 2.75 bits per heavy atom. The molecule has 24 heavy (non-hydrogen) atoms. The first-order valence-corrected chi connectivity index (χ1v) is 9.09. The summed E-state index contributed by atoms with van der Waals surface area (Å²) >= 11 is 8.55. The van der Waals surface area contributed by atoms with E-state index in [9.17, 15) is 4.79 Å². The van der Waals surface area contributed by atoms with E-state index in [0.717, 1.165) is 32.1 Å². The second-order valence-electron chi connectivity index (χ2n) is 5.00. The number of para-hydroxylation sites is 1. The lowest BCUT2D eigenvalue weighted by Gasteiger charge is -2.04. The molecule has 4 aromatic rings. The standard InChI is InChI=1S/C17H10ClN3OS2/c18-17-19-9-14(24-17)15(22)20-11-5-3-4-10(8-11)16-21-12-6-1-2-7-13(12)23-16/h1-9H,(H,20,22). The summed E-state index contributed by atoms with van der Waals surface area (Å²) in [6.45, 7) is 0. The topological polar surface area (TPSA) is 54.9 Å². The summed E-state index contributed by atoms with van der Waals surface area (Å²) in [4.78, 5) is 21.2. The summed E-state index contributed by atoms with van der Waals surface area (Å²) in [5.41, 5.74) is 2.66. The Bertz CT molecular complexity index is 1010. The fraction of sp³-hybridized carbons (Fsp3) is 0. The van der Waals surface area contributed by atoms with Crippen molar-refractivity contribution >= 4 is 56.1 Å². The average Bonchev–Trinajstić information content (AvgIpc) is 3.21. The Labute approximate surface area is 150 Å². The Morgan fingerprint density at radius 2 is 1.96 bits per heavy atom. The van der Waals surface area contributed by atoms with Crippen LogP contribution in [0, 0.1) is 0 Å². The van der Waals surface area contributed by atoms with Crippen LogP contribution in [0.15, 0.2) is 54.7 Å². The number of carbonyl (C=O) groups is 1. The molecule has 0 saturated heterocycles. The number of fused-ring (bicyclic) bond motifs is 1. The number of aromatic nitrogens is 2. The number of carbonyl (C=O) groups excluding carboxylic acids is 1. The van der Waals surface area contributed by atoms with Gasteiger partial charge in [-0.1, -0.05) is 47.2 Å². The predicted octanol–water partition coefficient (Wildman–Crippen LogP) is 5.33. The van der Waals surface area contributed by atoms with E-state index in [1.165, 1.54) is 6.20 Å². The number of hydrogen-bond donors (Lipinski definition) is 1. The molecule has 2 aromatic carbocycles. The third kappa shape index (κ3) is 3.03. The van der Waals surface area contributed by atoms with Crippen LogP contribution in [0.3, 0.4) is 0 Å². The number of benzene rings is 2. The molecule has 0 fully saturated rings. The van der Waals surface area contributed by atoms with Gasteiger partial charge in [-0.05, 0) is 24.3 Å². The van der Waals surface area contributed by atoms with Gasteiger partial charge in [0.15, 0.2) is 4.47 Å². The molecule has 1 amide bonds. The number of thiazole rings is 2. The highest BCUT2D eigenvalue weighted by Gasteiger charge is 2.11. The Hall–Kier alpha value is -2.28. The Kier molecular flexibility index (Phi) is 4.02. The number of amides is 1. The molecule has 0 radical (unpaired) electrons. The molecule has 0 atom stereocenters. The molecule has 7 heteroatoms. The van der Waals surface area contributed by atoms with Crippen LogP contribution in [-0.4, -0.2) is 15.9 Å². The lowest BCUT2D eigenvalue weighted by Crippen LogP contribution is -2.10. The van der Waals surface area contributed by atoms with Crippen molar-refractivity contribution in [3.63, 3.8) is 0 Å². The summed E-state index contributed by atoms with van der Waals surface area (Å²) in [5, 5.41) is 3.79. The molecule has 0 bridgehead atoms. The first-order valence-electron chi connectivity index (χ1n) is 7.08. The van der Waals surface area contributed by atoms with Crippen LogP contribution in [0.2, 0.25) is 4.47 Å². The van der Waals surface area contributed by atoms with E-state index in [1.54, 1.807) is 11.3 Å². The lowest BCUT2D eigenvalue weighted by molar-refractivity contribution is 0.103. The number of nitrogens with zero attached hydrogens (tertiary/aromatic N) is 2. The molecule has 0 aliphatic heterocycles. The smallest absolute Gasteiger partial charge is 0.267 e. The van der Waals surface area contributed by atoms with Crippen molar-refractivity contribution in [2.75, 3.05) is 5.32 Å². The molecule has 0 unspecified atom stereocenters. The highest BCUT2D eigenvalue weighted by atomic mass is 35.5. The summed E-state index contributed by atoms with van der Waals surface area (Å²) in [6, 6.07) is 15.7. The molecule has 0 aliphatic rings. The van der Waals surface area contributed by atoms with E-state index < -0.39 is 0 Å². The minimum atomic E-state index is -0.221. The van der Waals surface area contributed by atoms with Gasteiger partial charge in [-0.2, -0.15) is 0 Å². The molecule has 4 rings (SSSR count). The van der Waals surface area contributed by atoms with Gasteiger partial charge < -0.3 is 5.32 Å². The SMILES string of the molecule is O=C(Nc1cccc(-c2nc3ccccc3s2)c1)c1cnc(Cl)s1. The first kappa shape index (κ1) is 15.3. The maximum absolute atomic E-state index is 12.2. The molecule has 118 valence electrons. The molecule has 0 spiro atoms. The van der Waals surface area contributed by atoms with Gasteiger partial charge >= 0.3 is 0 Å². The molecule has 1 N–H and O–H groups in total. The minimum Gasteiger partial charge on any atom is -0.321 e. The highest BCUT2D eigenvalue weighted by molar-refractivity contribution is 7.21. The number of nitrogens with one attached hydrogen (secondary N) is 1. The van der Waals surface area contributed by atoms with Crippen molar-refractivity contribution in [2.24, 2.45) is 0 Å². The van der Waals surface area contributed by atoms with Crippen molar-refractivity contribution in [3.05, 3.63) is 64.1 Å². The monoisotopic (exact) mass is 371 g/mol. The van der Waals surface area contributed by atoms with Crippen molar-refractivity contribution in [1.82, 2.24) is 9.97 Å². The summed E-state index contributed by atoms with van der Waals surface area (Å²) in [6.07, 6.45) is 1.47. The highest BCUT2D eigenvalue weighted by Crippen LogP contribution is 2.31. The molecular weight excluding hydrogens is 362 g/mol. The van der Waals surface area contributed by atoms with Gasteiger partial charge in [-0.15, -0.1) is 11.3 Å². The normalized spacial score (nSPS) is 10.9. The van der Waals surface area contributed by atoms with Crippen molar-refractivity contribution < 1.29 is 4.79 Å². The third-order valence-corrected chi connectivity index (χ3v) is 5.56. The van der Waals surface area contributed by atoms with Gasteiger partial charge in [-0.25, -0.2) is 9.97 Å². The van der Waals surface area contributed by atoms with E-state index in [-0.39, 0.29) is 5.91 Å². The maximum Gasteiger partial charge on any atom is 0.267 e. The van der Waals surface area contributed by atoms with Crippen LogP contribution in [-0.2, 0) is 0 Å². The third-order valence-electron chi connectivity index (χ3n) is 3.36. The summed E-state index contributed by atoms with van der Waals surface area (Å²) in [7, 11) is 0. The maximum atomic E-state index is 12.2. The van der Waals surface area contributed by atoms with Crippen molar-refractivity contribution in [2.45, 2.75) is 0 Å². The average molecular weight is 372 g/mol. The largest absolute Gasteiger partial charge is 0.321 e. The van der Waals surface area contributed by atoms with Crippen molar-refractivity contribution in [1.29, 1.82) is 0 Å². The number of rotatable bonds is 3. The van der Waals surface area contributed by atoms with Gasteiger partial charge in [0.05, 0.1) is 16.4 Å². The first-order chi connectivity index (χ1) is 11.7. The second-order valence-corrected chi connectivity index (χ2v) is 7.64.